The standard InChI is InChI=1S/C21H17NO2/c1-2-24-21(23)15-8-7-9-16(14-15)22-19-12-5-3-10-17(19)18-11-4-6-13-20(18)22/h3-14H,2H2,1H3. The summed E-state index contributed by atoms with van der Waals surface area (Å²) in [6, 6.07) is 24.2. The molecule has 0 amide bonds. The third-order valence-electron chi connectivity index (χ3n) is 4.20. The topological polar surface area (TPSA) is 31.2 Å². The first-order chi connectivity index (χ1) is 11.8. The maximum absolute atomic E-state index is 12.1. The number of fused-ring (bicyclic) bond motifs is 3. The predicted molar refractivity (Wildman–Crippen MR) is 96.7 cm³/mol. The first-order valence-corrected chi connectivity index (χ1v) is 8.05. The van der Waals surface area contributed by atoms with Gasteiger partial charge in [0.1, 0.15) is 0 Å². The van der Waals surface area contributed by atoms with Crippen LogP contribution < -0.4 is 0 Å². The lowest BCUT2D eigenvalue weighted by atomic mass is 10.2. The third kappa shape index (κ3) is 2.26. The van der Waals surface area contributed by atoms with Gasteiger partial charge in [0.25, 0.3) is 0 Å². The molecule has 0 spiro atoms. The number of carbonyl (C=O) groups is 1. The fraction of sp³-hybridized carbons (Fsp3) is 0.0952. The molecule has 0 saturated heterocycles. The van der Waals surface area contributed by atoms with Gasteiger partial charge >= 0.3 is 5.97 Å². The second kappa shape index (κ2) is 5.85. The smallest absolute Gasteiger partial charge is 0.338 e. The second-order valence-corrected chi connectivity index (χ2v) is 5.64. The number of hydrogen-bond acceptors (Lipinski definition) is 2. The van der Waals surface area contributed by atoms with E-state index in [1.807, 2.05) is 49.4 Å². The summed E-state index contributed by atoms with van der Waals surface area (Å²) in [6.07, 6.45) is 0. The molecule has 0 bridgehead atoms. The van der Waals surface area contributed by atoms with Crippen LogP contribution in [-0.4, -0.2) is 17.1 Å². The van der Waals surface area contributed by atoms with Gasteiger partial charge in [-0.25, -0.2) is 4.79 Å². The number of para-hydroxylation sites is 2. The summed E-state index contributed by atoms with van der Waals surface area (Å²) < 4.78 is 7.31. The largest absolute Gasteiger partial charge is 0.462 e. The summed E-state index contributed by atoms with van der Waals surface area (Å²) in [4.78, 5) is 12.1. The molecule has 0 aliphatic carbocycles. The molecule has 4 aromatic rings. The summed E-state index contributed by atoms with van der Waals surface area (Å²) in [7, 11) is 0. The van der Waals surface area contributed by atoms with Gasteiger partial charge in [-0.05, 0) is 37.3 Å². The molecule has 0 saturated carbocycles. The Labute approximate surface area is 140 Å². The van der Waals surface area contributed by atoms with Crippen molar-refractivity contribution in [1.29, 1.82) is 0 Å². The number of ether oxygens (including phenoxy) is 1. The van der Waals surface area contributed by atoms with Crippen molar-refractivity contribution in [3.8, 4) is 5.69 Å². The fourth-order valence-corrected chi connectivity index (χ4v) is 3.19. The Hall–Kier alpha value is -3.07. The zero-order valence-corrected chi connectivity index (χ0v) is 13.4. The van der Waals surface area contributed by atoms with E-state index in [9.17, 15) is 4.79 Å². The number of hydrogen-bond donors (Lipinski definition) is 0. The highest BCUT2D eigenvalue weighted by atomic mass is 16.5. The van der Waals surface area contributed by atoms with Crippen molar-refractivity contribution in [3.05, 3.63) is 78.4 Å². The highest BCUT2D eigenvalue weighted by Crippen LogP contribution is 2.31. The average molecular weight is 315 g/mol. The van der Waals surface area contributed by atoms with Crippen LogP contribution in [0.3, 0.4) is 0 Å². The Morgan fingerprint density at radius 1 is 0.875 bits per heavy atom. The number of nitrogens with zero attached hydrogens (tertiary/aromatic N) is 1. The van der Waals surface area contributed by atoms with Crippen LogP contribution in [0.4, 0.5) is 0 Å². The van der Waals surface area contributed by atoms with E-state index >= 15 is 0 Å². The van der Waals surface area contributed by atoms with Gasteiger partial charge in [0.05, 0.1) is 23.2 Å². The van der Waals surface area contributed by atoms with Gasteiger partial charge < -0.3 is 9.30 Å². The van der Waals surface area contributed by atoms with Gasteiger partial charge in [0.15, 0.2) is 0 Å². The van der Waals surface area contributed by atoms with E-state index in [2.05, 4.69) is 28.8 Å². The summed E-state index contributed by atoms with van der Waals surface area (Å²) in [5.41, 5.74) is 3.77. The molecule has 118 valence electrons. The molecule has 24 heavy (non-hydrogen) atoms. The summed E-state index contributed by atoms with van der Waals surface area (Å²) in [6.45, 7) is 2.19. The Kier molecular flexibility index (Phi) is 3.54. The minimum absolute atomic E-state index is 0.292. The zero-order valence-electron chi connectivity index (χ0n) is 13.4. The van der Waals surface area contributed by atoms with E-state index in [0.29, 0.717) is 12.2 Å². The van der Waals surface area contributed by atoms with E-state index < -0.39 is 0 Å². The number of carbonyl (C=O) groups excluding carboxylic acids is 1. The minimum atomic E-state index is -0.292. The molecule has 3 heteroatoms. The van der Waals surface area contributed by atoms with Gasteiger partial charge in [-0.15, -0.1) is 0 Å². The van der Waals surface area contributed by atoms with Crippen molar-refractivity contribution in [2.75, 3.05) is 6.61 Å². The molecule has 3 nitrogen and oxygen atoms in total. The Morgan fingerprint density at radius 3 is 2.12 bits per heavy atom. The van der Waals surface area contributed by atoms with E-state index in [1.54, 1.807) is 6.07 Å². The van der Waals surface area contributed by atoms with Crippen LogP contribution in [0.2, 0.25) is 0 Å². The van der Waals surface area contributed by atoms with Gasteiger partial charge in [-0.3, -0.25) is 0 Å². The van der Waals surface area contributed by atoms with Gasteiger partial charge in [-0.2, -0.15) is 0 Å². The van der Waals surface area contributed by atoms with Crippen LogP contribution in [0.1, 0.15) is 17.3 Å². The summed E-state index contributed by atoms with van der Waals surface area (Å²) in [5, 5.41) is 2.41. The monoisotopic (exact) mass is 315 g/mol. The Morgan fingerprint density at radius 2 is 1.50 bits per heavy atom. The fourth-order valence-electron chi connectivity index (χ4n) is 3.19. The molecule has 0 aliphatic rings. The molecule has 0 unspecified atom stereocenters. The third-order valence-corrected chi connectivity index (χ3v) is 4.20. The predicted octanol–water partition coefficient (Wildman–Crippen LogP) is 4.96. The lowest BCUT2D eigenvalue weighted by molar-refractivity contribution is 0.0526. The first-order valence-electron chi connectivity index (χ1n) is 8.05. The van der Waals surface area contributed by atoms with Crippen molar-refractivity contribution < 1.29 is 9.53 Å². The maximum atomic E-state index is 12.1. The van der Waals surface area contributed by atoms with Crippen molar-refractivity contribution in [1.82, 2.24) is 4.57 Å². The molecule has 3 aromatic carbocycles. The SMILES string of the molecule is CCOC(=O)c1cccc(-n2c3ccccc3c3ccccc32)c1. The molecule has 4 rings (SSSR count). The molecular formula is C21H17NO2. The number of benzene rings is 3. The number of aromatic nitrogens is 1. The van der Waals surface area contributed by atoms with E-state index in [4.69, 9.17) is 4.74 Å². The van der Waals surface area contributed by atoms with Crippen LogP contribution in [0.5, 0.6) is 0 Å². The average Bonchev–Trinajstić information content (AvgIpc) is 2.97. The van der Waals surface area contributed by atoms with Gasteiger partial charge in [0, 0.05) is 16.5 Å². The van der Waals surface area contributed by atoms with Crippen LogP contribution in [0.15, 0.2) is 72.8 Å². The Bertz CT molecular complexity index is 993. The lowest BCUT2D eigenvalue weighted by Gasteiger charge is -2.09. The van der Waals surface area contributed by atoms with Crippen LogP contribution in [-0.2, 0) is 4.74 Å². The minimum Gasteiger partial charge on any atom is -0.462 e. The highest BCUT2D eigenvalue weighted by molar-refractivity contribution is 6.09. The summed E-state index contributed by atoms with van der Waals surface area (Å²) >= 11 is 0. The number of rotatable bonds is 3. The Balaban J connectivity index is 1.99. The second-order valence-electron chi connectivity index (χ2n) is 5.64. The van der Waals surface area contributed by atoms with Crippen molar-refractivity contribution in [3.63, 3.8) is 0 Å². The normalized spacial score (nSPS) is 11.0. The van der Waals surface area contributed by atoms with E-state index in [0.717, 1.165) is 16.7 Å². The van der Waals surface area contributed by atoms with Gasteiger partial charge in [-0.1, -0.05) is 42.5 Å². The molecule has 0 aliphatic heterocycles. The number of esters is 1. The van der Waals surface area contributed by atoms with E-state index in [-0.39, 0.29) is 5.97 Å². The van der Waals surface area contributed by atoms with Crippen LogP contribution >= 0.6 is 0 Å². The first kappa shape index (κ1) is 14.5. The highest BCUT2D eigenvalue weighted by Gasteiger charge is 2.13. The van der Waals surface area contributed by atoms with Crippen LogP contribution in [0.25, 0.3) is 27.5 Å². The molecule has 0 fully saturated rings. The molecule has 0 radical (unpaired) electrons. The zero-order chi connectivity index (χ0) is 16.5. The molecule has 1 aromatic heterocycles. The van der Waals surface area contributed by atoms with Gasteiger partial charge in [0.2, 0.25) is 0 Å². The molecule has 0 atom stereocenters. The molecular weight excluding hydrogens is 298 g/mol. The molecule has 0 N–H and O–H groups in total. The van der Waals surface area contributed by atoms with Crippen LogP contribution in [0, 0.1) is 0 Å². The van der Waals surface area contributed by atoms with Crippen molar-refractivity contribution in [2.45, 2.75) is 6.92 Å². The maximum Gasteiger partial charge on any atom is 0.338 e. The molecule has 1 heterocycles. The lowest BCUT2D eigenvalue weighted by Crippen LogP contribution is -2.05. The van der Waals surface area contributed by atoms with Crippen molar-refractivity contribution >= 4 is 27.8 Å². The van der Waals surface area contributed by atoms with Crippen molar-refractivity contribution in [2.24, 2.45) is 0 Å². The summed E-state index contributed by atoms with van der Waals surface area (Å²) in [5.74, 6) is -0.292. The quantitative estimate of drug-likeness (QED) is 0.500. The van der Waals surface area contributed by atoms with E-state index in [1.165, 1.54) is 10.8 Å².